The highest BCUT2D eigenvalue weighted by Crippen LogP contribution is 2.42. The lowest BCUT2D eigenvalue weighted by molar-refractivity contribution is -0.143. The standard InChI is InChI=1S/C29H31F3N4O3/c1-5-15-35-23-17-36(22(26(37)34(4)18(2)3)16-19-11-7-6-8-12-19)27(38)24(23)25(33-28(35)39)20-13-9-10-14-21(20)29(30,31)32/h5-14,18,22,25H,1,15-17H2,2-4H3,(H,33,39)/t22-,25+/m1/s1. The number of hydrogen-bond donors (Lipinski definition) is 1. The van der Waals surface area contributed by atoms with Crippen molar-refractivity contribution >= 4 is 17.8 Å². The van der Waals surface area contributed by atoms with Crippen LogP contribution in [-0.2, 0) is 22.2 Å². The van der Waals surface area contributed by atoms with Crippen LogP contribution in [0.3, 0.4) is 0 Å². The Kier molecular flexibility index (Phi) is 7.85. The smallest absolute Gasteiger partial charge is 0.342 e. The van der Waals surface area contributed by atoms with E-state index in [0.717, 1.165) is 11.6 Å². The molecule has 10 heteroatoms. The molecule has 2 heterocycles. The molecule has 39 heavy (non-hydrogen) atoms. The molecule has 0 aliphatic carbocycles. The Bertz CT molecular complexity index is 1310. The van der Waals surface area contributed by atoms with Gasteiger partial charge < -0.3 is 15.1 Å². The highest BCUT2D eigenvalue weighted by molar-refractivity contribution is 6.03. The van der Waals surface area contributed by atoms with Crippen molar-refractivity contribution in [3.63, 3.8) is 0 Å². The van der Waals surface area contributed by atoms with Crippen LogP contribution < -0.4 is 5.32 Å². The van der Waals surface area contributed by atoms with Gasteiger partial charge in [0.2, 0.25) is 5.91 Å². The summed E-state index contributed by atoms with van der Waals surface area (Å²) in [5, 5.41) is 2.60. The third-order valence-corrected chi connectivity index (χ3v) is 7.19. The van der Waals surface area contributed by atoms with Gasteiger partial charge in [-0.05, 0) is 31.0 Å². The van der Waals surface area contributed by atoms with Gasteiger partial charge in [0.15, 0.2) is 0 Å². The summed E-state index contributed by atoms with van der Waals surface area (Å²) in [5.74, 6) is -0.892. The second-order valence-corrected chi connectivity index (χ2v) is 9.91. The van der Waals surface area contributed by atoms with Crippen molar-refractivity contribution in [1.29, 1.82) is 0 Å². The van der Waals surface area contributed by atoms with Crippen LogP contribution >= 0.6 is 0 Å². The maximum atomic E-state index is 14.1. The van der Waals surface area contributed by atoms with Gasteiger partial charge in [0.1, 0.15) is 6.04 Å². The lowest BCUT2D eigenvalue weighted by Crippen LogP contribution is -2.51. The van der Waals surface area contributed by atoms with Crippen LogP contribution in [0.4, 0.5) is 18.0 Å². The van der Waals surface area contributed by atoms with Crippen molar-refractivity contribution in [2.75, 3.05) is 20.1 Å². The molecule has 0 spiro atoms. The molecule has 206 valence electrons. The van der Waals surface area contributed by atoms with Gasteiger partial charge in [0.05, 0.1) is 29.4 Å². The molecule has 0 bridgehead atoms. The molecule has 0 unspecified atom stereocenters. The summed E-state index contributed by atoms with van der Waals surface area (Å²) in [7, 11) is 1.65. The first kappa shape index (κ1) is 27.9. The zero-order valence-corrected chi connectivity index (χ0v) is 22.0. The number of likely N-dealkylation sites (N-methyl/N-ethyl adjacent to an activating group) is 1. The van der Waals surface area contributed by atoms with E-state index in [2.05, 4.69) is 11.9 Å². The average Bonchev–Trinajstić information content (AvgIpc) is 3.24. The second-order valence-electron chi connectivity index (χ2n) is 9.91. The van der Waals surface area contributed by atoms with Gasteiger partial charge in [-0.2, -0.15) is 13.2 Å². The van der Waals surface area contributed by atoms with Crippen LogP contribution in [0.1, 0.15) is 36.6 Å². The SMILES string of the molecule is C=CCN1C(=O)N[C@@H](c2ccccc2C(F)(F)F)C2=C1CN([C@H](Cc1ccccc1)C(=O)N(C)C(C)C)C2=O. The molecule has 0 saturated carbocycles. The topological polar surface area (TPSA) is 73.0 Å². The molecule has 7 nitrogen and oxygen atoms in total. The molecule has 4 amide bonds. The Morgan fingerprint density at radius 2 is 1.77 bits per heavy atom. The molecule has 2 atom stereocenters. The highest BCUT2D eigenvalue weighted by atomic mass is 19.4. The van der Waals surface area contributed by atoms with Crippen LogP contribution in [0.2, 0.25) is 0 Å². The predicted octanol–water partition coefficient (Wildman–Crippen LogP) is 4.53. The Morgan fingerprint density at radius 3 is 2.38 bits per heavy atom. The van der Waals surface area contributed by atoms with Crippen molar-refractivity contribution in [2.24, 2.45) is 0 Å². The van der Waals surface area contributed by atoms with Gasteiger partial charge in [-0.1, -0.05) is 54.6 Å². The summed E-state index contributed by atoms with van der Waals surface area (Å²) < 4.78 is 41.9. The summed E-state index contributed by atoms with van der Waals surface area (Å²) in [5.41, 5.74) is -0.0664. The zero-order valence-electron chi connectivity index (χ0n) is 22.0. The molecule has 0 aromatic heterocycles. The fraction of sp³-hybridized carbons (Fsp3) is 0.345. The normalized spacial score (nSPS) is 18.3. The number of nitrogens with one attached hydrogen (secondary N) is 1. The number of carbonyl (C=O) groups is 3. The zero-order chi connectivity index (χ0) is 28.5. The maximum Gasteiger partial charge on any atom is 0.416 e. The van der Waals surface area contributed by atoms with Gasteiger partial charge in [-0.15, -0.1) is 6.58 Å². The molecule has 4 rings (SSSR count). The molecule has 2 aliphatic heterocycles. The Labute approximate surface area is 225 Å². The molecule has 2 aromatic rings. The summed E-state index contributed by atoms with van der Waals surface area (Å²) in [6.45, 7) is 7.32. The number of rotatable bonds is 8. The van der Waals surface area contributed by atoms with Crippen LogP contribution in [0.25, 0.3) is 0 Å². The fourth-order valence-electron chi connectivity index (χ4n) is 4.99. The summed E-state index contributed by atoms with van der Waals surface area (Å²) in [6, 6.07) is 11.0. The number of alkyl halides is 3. The van der Waals surface area contributed by atoms with Gasteiger partial charge in [0, 0.05) is 26.1 Å². The molecule has 0 saturated heterocycles. The van der Waals surface area contributed by atoms with E-state index in [1.165, 1.54) is 34.1 Å². The quantitative estimate of drug-likeness (QED) is 0.500. The third kappa shape index (κ3) is 5.41. The summed E-state index contributed by atoms with van der Waals surface area (Å²) in [6.07, 6.45) is -3.02. The first-order valence-corrected chi connectivity index (χ1v) is 12.6. The van der Waals surface area contributed by atoms with Crippen molar-refractivity contribution in [3.8, 4) is 0 Å². The molecule has 2 aliphatic rings. The minimum atomic E-state index is -4.70. The van der Waals surface area contributed by atoms with Crippen LogP contribution in [0.15, 0.2) is 78.5 Å². The fourth-order valence-corrected chi connectivity index (χ4v) is 4.99. The largest absolute Gasteiger partial charge is 0.416 e. The Hall–Kier alpha value is -4.08. The van der Waals surface area contributed by atoms with Crippen molar-refractivity contribution in [1.82, 2.24) is 20.0 Å². The molecule has 1 N–H and O–H groups in total. The Balaban J connectivity index is 1.82. The number of hydrogen-bond acceptors (Lipinski definition) is 3. The van der Waals surface area contributed by atoms with E-state index in [4.69, 9.17) is 0 Å². The van der Waals surface area contributed by atoms with E-state index in [1.54, 1.807) is 11.9 Å². The summed E-state index contributed by atoms with van der Waals surface area (Å²) in [4.78, 5) is 45.1. The van der Waals surface area contributed by atoms with E-state index >= 15 is 0 Å². The van der Waals surface area contributed by atoms with E-state index in [0.29, 0.717) is 0 Å². The minimum Gasteiger partial charge on any atom is -0.342 e. The van der Waals surface area contributed by atoms with Crippen LogP contribution in [0.5, 0.6) is 0 Å². The summed E-state index contributed by atoms with van der Waals surface area (Å²) >= 11 is 0. The van der Waals surface area contributed by atoms with Crippen molar-refractivity contribution in [3.05, 3.63) is 95.2 Å². The van der Waals surface area contributed by atoms with E-state index in [9.17, 15) is 27.6 Å². The first-order chi connectivity index (χ1) is 18.5. The van der Waals surface area contributed by atoms with Gasteiger partial charge in [-0.25, -0.2) is 4.79 Å². The molecular weight excluding hydrogens is 509 g/mol. The monoisotopic (exact) mass is 540 g/mol. The number of carbonyl (C=O) groups excluding carboxylic acids is 3. The molecule has 0 radical (unpaired) electrons. The van der Waals surface area contributed by atoms with Crippen LogP contribution in [0, 0.1) is 0 Å². The Morgan fingerprint density at radius 1 is 1.13 bits per heavy atom. The second kappa shape index (κ2) is 11.0. The number of benzene rings is 2. The maximum absolute atomic E-state index is 14.1. The lowest BCUT2D eigenvalue weighted by atomic mass is 9.91. The van der Waals surface area contributed by atoms with E-state index in [1.807, 2.05) is 44.2 Å². The van der Waals surface area contributed by atoms with Gasteiger partial charge in [-0.3, -0.25) is 14.5 Å². The minimum absolute atomic E-state index is 0.0196. The van der Waals surface area contributed by atoms with Gasteiger partial charge >= 0.3 is 12.2 Å². The number of amides is 4. The van der Waals surface area contributed by atoms with Crippen molar-refractivity contribution in [2.45, 2.75) is 44.6 Å². The third-order valence-electron chi connectivity index (χ3n) is 7.19. The molecule has 2 aromatic carbocycles. The average molecular weight is 541 g/mol. The highest BCUT2D eigenvalue weighted by Gasteiger charge is 2.49. The predicted molar refractivity (Wildman–Crippen MR) is 140 cm³/mol. The van der Waals surface area contributed by atoms with Crippen molar-refractivity contribution < 1.29 is 27.6 Å². The van der Waals surface area contributed by atoms with Gasteiger partial charge in [0.25, 0.3) is 5.91 Å². The van der Waals surface area contributed by atoms with E-state index in [-0.39, 0.29) is 48.3 Å². The molecular formula is C29H31F3N4O3. The number of halogens is 3. The lowest BCUT2D eigenvalue weighted by Gasteiger charge is -2.34. The number of urea groups is 1. The molecule has 0 fully saturated rings. The van der Waals surface area contributed by atoms with Crippen LogP contribution in [-0.4, -0.2) is 64.8 Å². The van der Waals surface area contributed by atoms with E-state index < -0.39 is 35.8 Å². The first-order valence-electron chi connectivity index (χ1n) is 12.6. The number of nitrogens with zero attached hydrogens (tertiary/aromatic N) is 3.